The van der Waals surface area contributed by atoms with E-state index in [4.69, 9.17) is 0 Å². The van der Waals surface area contributed by atoms with Crippen molar-refractivity contribution in [1.29, 1.82) is 0 Å². The van der Waals surface area contributed by atoms with E-state index >= 15 is 0 Å². The Morgan fingerprint density at radius 3 is 2.52 bits per heavy atom. The molecule has 3 heteroatoms. The molecule has 0 unspecified atom stereocenters. The van der Waals surface area contributed by atoms with Gasteiger partial charge in [-0.3, -0.25) is 4.79 Å². The molecular weight excluding hydrogens is 284 g/mol. The summed E-state index contributed by atoms with van der Waals surface area (Å²) < 4.78 is 0. The van der Waals surface area contributed by atoms with Gasteiger partial charge in [-0.25, -0.2) is 0 Å². The monoisotopic (exact) mass is 310 g/mol. The maximum absolute atomic E-state index is 12.2. The van der Waals surface area contributed by atoms with Gasteiger partial charge < -0.3 is 10.6 Å². The third-order valence-corrected chi connectivity index (χ3v) is 3.89. The number of hydrogen-bond acceptors (Lipinski definition) is 2. The molecule has 0 aliphatic rings. The van der Waals surface area contributed by atoms with Gasteiger partial charge in [0.05, 0.1) is 6.54 Å². The van der Waals surface area contributed by atoms with Crippen LogP contribution in [0.5, 0.6) is 0 Å². The van der Waals surface area contributed by atoms with Crippen LogP contribution in [-0.2, 0) is 11.3 Å². The number of anilines is 1. The number of carbonyl (C=O) groups is 1. The minimum absolute atomic E-state index is 0.00569. The Morgan fingerprint density at radius 2 is 1.83 bits per heavy atom. The van der Waals surface area contributed by atoms with E-state index in [2.05, 4.69) is 55.7 Å². The summed E-state index contributed by atoms with van der Waals surface area (Å²) in [6.07, 6.45) is 0. The molecule has 0 aliphatic carbocycles. The zero-order valence-electron chi connectivity index (χ0n) is 14.4. The fraction of sp³-hybridized carbons (Fsp3) is 0.350. The summed E-state index contributed by atoms with van der Waals surface area (Å²) in [7, 11) is 0. The van der Waals surface area contributed by atoms with E-state index in [0.29, 0.717) is 19.0 Å². The molecule has 0 aliphatic heterocycles. The standard InChI is InChI=1S/C20H26N2O/c1-14(2)18-10-6-8-16(4)20(18)22-19(23)13-21-12-17-9-5-7-15(3)11-17/h5-11,14,21H,12-13H2,1-4H3,(H,22,23). The van der Waals surface area contributed by atoms with Gasteiger partial charge in [0.1, 0.15) is 0 Å². The molecule has 3 nitrogen and oxygen atoms in total. The summed E-state index contributed by atoms with van der Waals surface area (Å²) in [6, 6.07) is 14.4. The first kappa shape index (κ1) is 17.2. The Kier molecular flexibility index (Phi) is 5.94. The normalized spacial score (nSPS) is 10.8. The Balaban J connectivity index is 1.93. The van der Waals surface area contributed by atoms with Crippen LogP contribution < -0.4 is 10.6 Å². The quantitative estimate of drug-likeness (QED) is 0.841. The smallest absolute Gasteiger partial charge is 0.238 e. The van der Waals surface area contributed by atoms with Crippen molar-refractivity contribution < 1.29 is 4.79 Å². The zero-order chi connectivity index (χ0) is 16.8. The Morgan fingerprint density at radius 1 is 1.09 bits per heavy atom. The molecule has 0 atom stereocenters. The van der Waals surface area contributed by atoms with Gasteiger partial charge in [-0.2, -0.15) is 0 Å². The maximum Gasteiger partial charge on any atom is 0.238 e. The van der Waals surface area contributed by atoms with Crippen molar-refractivity contribution in [2.75, 3.05) is 11.9 Å². The molecule has 23 heavy (non-hydrogen) atoms. The predicted octanol–water partition coefficient (Wildman–Crippen LogP) is 4.16. The van der Waals surface area contributed by atoms with Crippen molar-refractivity contribution in [3.8, 4) is 0 Å². The van der Waals surface area contributed by atoms with Gasteiger partial charge in [-0.1, -0.05) is 61.9 Å². The first-order valence-electron chi connectivity index (χ1n) is 8.13. The molecule has 0 saturated heterocycles. The van der Waals surface area contributed by atoms with Gasteiger partial charge in [-0.15, -0.1) is 0 Å². The van der Waals surface area contributed by atoms with Crippen molar-refractivity contribution in [3.63, 3.8) is 0 Å². The first-order valence-corrected chi connectivity index (χ1v) is 8.13. The number of para-hydroxylation sites is 1. The van der Waals surface area contributed by atoms with Crippen LogP contribution in [0.15, 0.2) is 42.5 Å². The second-order valence-electron chi connectivity index (χ2n) is 6.33. The van der Waals surface area contributed by atoms with Crippen LogP contribution in [0.25, 0.3) is 0 Å². The lowest BCUT2D eigenvalue weighted by Gasteiger charge is -2.16. The predicted molar refractivity (Wildman–Crippen MR) is 96.8 cm³/mol. The molecule has 2 aromatic rings. The molecule has 0 fully saturated rings. The topological polar surface area (TPSA) is 41.1 Å². The van der Waals surface area contributed by atoms with Gasteiger partial charge in [0.2, 0.25) is 5.91 Å². The molecule has 0 radical (unpaired) electrons. The van der Waals surface area contributed by atoms with E-state index in [-0.39, 0.29) is 5.91 Å². The molecule has 122 valence electrons. The van der Waals surface area contributed by atoms with Gasteiger partial charge in [0.15, 0.2) is 0 Å². The number of hydrogen-bond donors (Lipinski definition) is 2. The van der Waals surface area contributed by atoms with Crippen molar-refractivity contribution in [1.82, 2.24) is 5.32 Å². The van der Waals surface area contributed by atoms with E-state index < -0.39 is 0 Å². The Labute approximate surface area is 139 Å². The molecule has 2 aromatic carbocycles. The zero-order valence-corrected chi connectivity index (χ0v) is 14.4. The van der Waals surface area contributed by atoms with Crippen LogP contribution in [0.3, 0.4) is 0 Å². The van der Waals surface area contributed by atoms with Crippen molar-refractivity contribution in [2.24, 2.45) is 0 Å². The second kappa shape index (κ2) is 7.93. The van der Waals surface area contributed by atoms with Crippen LogP contribution in [0, 0.1) is 13.8 Å². The fourth-order valence-electron chi connectivity index (χ4n) is 2.67. The summed E-state index contributed by atoms with van der Waals surface area (Å²) in [5.74, 6) is 0.374. The summed E-state index contributed by atoms with van der Waals surface area (Å²) >= 11 is 0. The lowest BCUT2D eigenvalue weighted by Crippen LogP contribution is -2.28. The molecule has 0 bridgehead atoms. The third kappa shape index (κ3) is 4.93. The Hall–Kier alpha value is -2.13. The lowest BCUT2D eigenvalue weighted by atomic mass is 9.98. The van der Waals surface area contributed by atoms with Crippen LogP contribution >= 0.6 is 0 Å². The minimum Gasteiger partial charge on any atom is -0.324 e. The molecule has 0 saturated carbocycles. The largest absolute Gasteiger partial charge is 0.324 e. The van der Waals surface area contributed by atoms with Crippen LogP contribution in [0.1, 0.15) is 42.0 Å². The average Bonchev–Trinajstić information content (AvgIpc) is 2.49. The molecule has 0 aromatic heterocycles. The van der Waals surface area contributed by atoms with E-state index in [9.17, 15) is 4.79 Å². The summed E-state index contributed by atoms with van der Waals surface area (Å²) in [4.78, 5) is 12.2. The molecule has 1 amide bonds. The molecule has 0 heterocycles. The third-order valence-electron chi connectivity index (χ3n) is 3.89. The van der Waals surface area contributed by atoms with Crippen molar-refractivity contribution in [3.05, 3.63) is 64.7 Å². The second-order valence-corrected chi connectivity index (χ2v) is 6.33. The highest BCUT2D eigenvalue weighted by atomic mass is 16.1. The minimum atomic E-state index is -0.00569. The molecule has 0 spiro atoms. The lowest BCUT2D eigenvalue weighted by molar-refractivity contribution is -0.115. The Bertz CT molecular complexity index is 677. The van der Waals surface area contributed by atoms with Crippen LogP contribution in [0.4, 0.5) is 5.69 Å². The van der Waals surface area contributed by atoms with Gasteiger partial charge >= 0.3 is 0 Å². The summed E-state index contributed by atoms with van der Waals surface area (Å²) in [6.45, 7) is 9.38. The summed E-state index contributed by atoms with van der Waals surface area (Å²) in [5.41, 5.74) is 5.65. The van der Waals surface area contributed by atoms with Gasteiger partial charge in [0.25, 0.3) is 0 Å². The number of carbonyl (C=O) groups excluding carboxylic acids is 1. The van der Waals surface area contributed by atoms with Crippen LogP contribution in [-0.4, -0.2) is 12.5 Å². The number of benzene rings is 2. The number of amides is 1. The number of rotatable bonds is 6. The van der Waals surface area contributed by atoms with Crippen molar-refractivity contribution in [2.45, 2.75) is 40.2 Å². The molecular formula is C20H26N2O. The summed E-state index contributed by atoms with van der Waals surface area (Å²) in [5, 5.41) is 6.26. The van der Waals surface area contributed by atoms with Gasteiger partial charge in [0, 0.05) is 12.2 Å². The first-order chi connectivity index (χ1) is 11.0. The SMILES string of the molecule is Cc1cccc(CNCC(=O)Nc2c(C)cccc2C(C)C)c1. The van der Waals surface area contributed by atoms with E-state index in [1.54, 1.807) is 0 Å². The van der Waals surface area contributed by atoms with E-state index in [0.717, 1.165) is 11.3 Å². The van der Waals surface area contributed by atoms with Gasteiger partial charge in [-0.05, 0) is 36.5 Å². The molecule has 2 N–H and O–H groups in total. The van der Waals surface area contributed by atoms with E-state index in [1.807, 2.05) is 25.1 Å². The van der Waals surface area contributed by atoms with Crippen LogP contribution in [0.2, 0.25) is 0 Å². The highest BCUT2D eigenvalue weighted by Gasteiger charge is 2.11. The highest BCUT2D eigenvalue weighted by Crippen LogP contribution is 2.27. The highest BCUT2D eigenvalue weighted by molar-refractivity contribution is 5.93. The van der Waals surface area contributed by atoms with Crippen molar-refractivity contribution >= 4 is 11.6 Å². The van der Waals surface area contributed by atoms with E-state index in [1.165, 1.54) is 16.7 Å². The number of aryl methyl sites for hydroxylation is 2. The molecule has 2 rings (SSSR count). The average molecular weight is 310 g/mol. The number of nitrogens with one attached hydrogen (secondary N) is 2. The maximum atomic E-state index is 12.2. The fourth-order valence-corrected chi connectivity index (χ4v) is 2.67.